The average Bonchev–Trinajstić information content (AvgIpc) is 3.01. The molecule has 7 aliphatic rings. The van der Waals surface area contributed by atoms with Gasteiger partial charge >= 0.3 is 0 Å². The van der Waals surface area contributed by atoms with Crippen molar-refractivity contribution < 1.29 is 0 Å². The molecule has 0 radical (unpaired) electrons. The molecular weight excluding hydrogens is 482 g/mol. The fraction of sp³-hybridized carbons (Fsp3) is 0.897. The van der Waals surface area contributed by atoms with Crippen molar-refractivity contribution in [3.05, 3.63) is 24.3 Å². The van der Waals surface area contributed by atoms with Gasteiger partial charge in [-0.05, 0) is 156 Å². The molecule has 1 heteroatoms. The minimum absolute atomic E-state index is 0.827. The van der Waals surface area contributed by atoms with E-state index in [-0.39, 0.29) is 0 Å². The Hall–Kier alpha value is -0.560. The van der Waals surface area contributed by atoms with Crippen LogP contribution in [-0.4, -0.2) is 23.0 Å². The van der Waals surface area contributed by atoms with Gasteiger partial charge in [0.2, 0.25) is 0 Å². The summed E-state index contributed by atoms with van der Waals surface area (Å²) < 4.78 is 0. The molecule has 224 valence electrons. The summed E-state index contributed by atoms with van der Waals surface area (Å²) in [5.41, 5.74) is 0. The summed E-state index contributed by atoms with van der Waals surface area (Å²) in [6.07, 6.45) is 43.2. The van der Waals surface area contributed by atoms with Gasteiger partial charge in [-0.3, -0.25) is 4.90 Å². The summed E-state index contributed by atoms with van der Waals surface area (Å²) in [4.78, 5) is 3.32. The maximum atomic E-state index is 3.32. The van der Waals surface area contributed by atoms with Crippen molar-refractivity contribution in [2.45, 2.75) is 166 Å². The molecule has 0 bridgehead atoms. The summed E-state index contributed by atoms with van der Waals surface area (Å²) in [5, 5.41) is 0. The van der Waals surface area contributed by atoms with E-state index < -0.39 is 0 Å². The zero-order chi connectivity index (χ0) is 26.9. The van der Waals surface area contributed by atoms with Crippen molar-refractivity contribution in [3.8, 4) is 0 Å². The van der Waals surface area contributed by atoms with Crippen molar-refractivity contribution in [1.29, 1.82) is 0 Å². The highest BCUT2D eigenvalue weighted by Gasteiger charge is 2.55. The van der Waals surface area contributed by atoms with E-state index in [2.05, 4.69) is 36.1 Å². The highest BCUT2D eigenvalue weighted by Crippen LogP contribution is 2.61. The number of hydrogen-bond acceptors (Lipinski definition) is 1. The zero-order valence-electron chi connectivity index (χ0n) is 26.2. The Balaban J connectivity index is 1.04. The minimum Gasteiger partial charge on any atom is -0.294 e. The lowest BCUT2D eigenvalue weighted by Crippen LogP contribution is -2.61. The second-order valence-electron chi connectivity index (χ2n) is 16.4. The van der Waals surface area contributed by atoms with Gasteiger partial charge in [-0.25, -0.2) is 0 Å². The van der Waals surface area contributed by atoms with Crippen molar-refractivity contribution >= 4 is 0 Å². The van der Waals surface area contributed by atoms with E-state index in [1.54, 1.807) is 57.8 Å². The molecule has 7 saturated carbocycles. The Morgan fingerprint density at radius 2 is 1.00 bits per heavy atom. The van der Waals surface area contributed by atoms with Crippen LogP contribution in [0, 0.1) is 53.3 Å². The van der Waals surface area contributed by atoms with Gasteiger partial charge in [0.15, 0.2) is 0 Å². The molecule has 0 aromatic heterocycles. The molecule has 0 N–H and O–H groups in total. The summed E-state index contributed by atoms with van der Waals surface area (Å²) in [5.74, 6) is 9.25. The lowest BCUT2D eigenvalue weighted by molar-refractivity contribution is -0.124. The Kier molecular flexibility index (Phi) is 9.16. The molecule has 7 fully saturated rings. The van der Waals surface area contributed by atoms with E-state index in [1.165, 1.54) is 83.5 Å². The molecule has 40 heavy (non-hydrogen) atoms. The lowest BCUT2D eigenvalue weighted by Gasteiger charge is -2.62. The number of hydrogen-bond donors (Lipinski definition) is 0. The Bertz CT molecular complexity index is 844. The number of allylic oxidation sites excluding steroid dienone is 4. The second kappa shape index (κ2) is 13.0. The van der Waals surface area contributed by atoms with Gasteiger partial charge in [0.25, 0.3) is 0 Å². The minimum atomic E-state index is 0.827. The highest BCUT2D eigenvalue weighted by atomic mass is 15.2. The maximum absolute atomic E-state index is 3.32. The average molecular weight is 546 g/mol. The van der Waals surface area contributed by atoms with Gasteiger partial charge in [0.1, 0.15) is 0 Å². The second-order valence-corrected chi connectivity index (χ2v) is 16.4. The van der Waals surface area contributed by atoms with Gasteiger partial charge in [-0.2, -0.15) is 0 Å². The molecule has 0 amide bonds. The molecule has 0 aliphatic heterocycles. The van der Waals surface area contributed by atoms with Crippen LogP contribution in [0.15, 0.2) is 24.3 Å². The van der Waals surface area contributed by atoms with E-state index in [4.69, 9.17) is 0 Å². The summed E-state index contributed by atoms with van der Waals surface area (Å²) in [6.45, 7) is 2.53. The topological polar surface area (TPSA) is 3.24 Å². The molecule has 1 nitrogen and oxygen atoms in total. The van der Waals surface area contributed by atoms with Crippen molar-refractivity contribution in [1.82, 2.24) is 4.90 Å². The normalized spacial score (nSPS) is 46.6. The molecule has 7 aliphatic carbocycles. The molecule has 0 aromatic carbocycles. The van der Waals surface area contributed by atoms with E-state index in [9.17, 15) is 0 Å². The summed E-state index contributed by atoms with van der Waals surface area (Å²) in [7, 11) is 0. The van der Waals surface area contributed by atoms with E-state index in [0.29, 0.717) is 0 Å². The molecule has 0 spiro atoms. The van der Waals surface area contributed by atoms with Gasteiger partial charge in [-0.15, -0.1) is 0 Å². The van der Waals surface area contributed by atoms with Crippen LogP contribution in [0.3, 0.4) is 0 Å². The first-order chi connectivity index (χ1) is 19.7. The van der Waals surface area contributed by atoms with Crippen molar-refractivity contribution in [3.63, 3.8) is 0 Å². The fourth-order valence-corrected chi connectivity index (χ4v) is 12.4. The van der Waals surface area contributed by atoms with Gasteiger partial charge < -0.3 is 0 Å². The quantitative estimate of drug-likeness (QED) is 0.300. The highest BCUT2D eigenvalue weighted by molar-refractivity contribution is 5.09. The Morgan fingerprint density at radius 3 is 1.68 bits per heavy atom. The standard InChI is InChI=1S/C39H63N/c1-28-14-22-34(23-15-28)40(35-24-16-30(17-25-35)11-6-5-10-29-8-3-2-4-9-29)37-27-21-33-19-18-31-12-7-13-32-20-26-36(37)39(33)38(31)32/h5-6,10-11,28-39H,2-4,7-9,12-27H2,1H3. The molecule has 0 heterocycles. The van der Waals surface area contributed by atoms with Gasteiger partial charge in [0, 0.05) is 18.1 Å². The third-order valence-corrected chi connectivity index (χ3v) is 14.3. The van der Waals surface area contributed by atoms with Crippen molar-refractivity contribution in [2.24, 2.45) is 53.3 Å². The van der Waals surface area contributed by atoms with Gasteiger partial charge in [0.05, 0.1) is 0 Å². The first-order valence-electron chi connectivity index (χ1n) is 18.9. The Labute approximate surface area is 248 Å². The van der Waals surface area contributed by atoms with E-state index >= 15 is 0 Å². The SMILES string of the molecule is CC1CCC(N(C2CCC(C=CC=CC3CCCCC3)CC2)C2CCC3CCC4CCCC5CCC2C3C45)CC1. The van der Waals surface area contributed by atoms with Crippen LogP contribution in [0.4, 0.5) is 0 Å². The first-order valence-corrected chi connectivity index (χ1v) is 18.9. The molecular formula is C39H63N. The molecule has 7 atom stereocenters. The van der Waals surface area contributed by atoms with Crippen LogP contribution in [0.1, 0.15) is 148 Å². The lowest BCUT2D eigenvalue weighted by atomic mass is 9.47. The van der Waals surface area contributed by atoms with Crippen LogP contribution < -0.4 is 0 Å². The van der Waals surface area contributed by atoms with Crippen LogP contribution in [0.5, 0.6) is 0 Å². The third kappa shape index (κ3) is 5.95. The molecule has 0 saturated heterocycles. The fourth-order valence-electron chi connectivity index (χ4n) is 12.4. The first kappa shape index (κ1) is 28.2. The van der Waals surface area contributed by atoms with Crippen LogP contribution in [0.25, 0.3) is 0 Å². The van der Waals surface area contributed by atoms with Crippen molar-refractivity contribution in [2.75, 3.05) is 0 Å². The Morgan fingerprint density at radius 1 is 0.450 bits per heavy atom. The van der Waals surface area contributed by atoms with Crippen LogP contribution in [-0.2, 0) is 0 Å². The zero-order valence-corrected chi connectivity index (χ0v) is 26.2. The van der Waals surface area contributed by atoms with Crippen LogP contribution >= 0.6 is 0 Å². The maximum Gasteiger partial charge on any atom is 0.0132 e. The summed E-state index contributed by atoms with van der Waals surface area (Å²) in [6, 6.07) is 2.71. The third-order valence-electron chi connectivity index (χ3n) is 14.3. The predicted molar refractivity (Wildman–Crippen MR) is 170 cm³/mol. The number of nitrogens with zero attached hydrogens (tertiary/aromatic N) is 1. The van der Waals surface area contributed by atoms with E-state index in [1.807, 2.05) is 0 Å². The molecule has 0 aromatic rings. The smallest absolute Gasteiger partial charge is 0.0132 e. The number of rotatable bonds is 6. The largest absolute Gasteiger partial charge is 0.294 e. The predicted octanol–water partition coefficient (Wildman–Crippen LogP) is 10.7. The summed E-state index contributed by atoms with van der Waals surface area (Å²) >= 11 is 0. The molecule has 7 unspecified atom stereocenters. The molecule has 7 rings (SSSR count). The van der Waals surface area contributed by atoms with Crippen LogP contribution in [0.2, 0.25) is 0 Å². The van der Waals surface area contributed by atoms with Gasteiger partial charge in [-0.1, -0.05) is 69.8 Å². The monoisotopic (exact) mass is 545 g/mol. The van der Waals surface area contributed by atoms with E-state index in [0.717, 1.165) is 71.4 Å².